The van der Waals surface area contributed by atoms with Crippen LogP contribution in [-0.2, 0) is 19.6 Å². The first-order valence-electron chi connectivity index (χ1n) is 9.79. The topological polar surface area (TPSA) is 105 Å². The minimum atomic E-state index is -3.63. The predicted molar refractivity (Wildman–Crippen MR) is 116 cm³/mol. The Labute approximate surface area is 186 Å². The van der Waals surface area contributed by atoms with Gasteiger partial charge in [-0.1, -0.05) is 23.7 Å². The lowest BCUT2D eigenvalue weighted by atomic mass is 9.98. The van der Waals surface area contributed by atoms with Gasteiger partial charge in [-0.05, 0) is 61.7 Å². The number of nitrogens with zero attached hydrogens (tertiary/aromatic N) is 1. The molecule has 166 valence electrons. The van der Waals surface area contributed by atoms with Gasteiger partial charge in [0.2, 0.25) is 15.9 Å². The van der Waals surface area contributed by atoms with Crippen LogP contribution >= 0.6 is 11.6 Å². The highest BCUT2D eigenvalue weighted by Crippen LogP contribution is 2.24. The predicted octanol–water partition coefficient (Wildman–Crippen LogP) is 2.28. The van der Waals surface area contributed by atoms with Crippen molar-refractivity contribution in [3.8, 4) is 5.75 Å². The van der Waals surface area contributed by atoms with E-state index in [0.29, 0.717) is 23.6 Å². The van der Waals surface area contributed by atoms with E-state index in [-0.39, 0.29) is 30.5 Å². The molecule has 31 heavy (non-hydrogen) atoms. The largest absolute Gasteiger partial charge is 0.484 e. The number of hydrogen-bond donors (Lipinski definition) is 2. The fraction of sp³-hybridized carbons (Fsp3) is 0.333. The number of amides is 2. The van der Waals surface area contributed by atoms with Gasteiger partial charge in [-0.25, -0.2) is 8.42 Å². The number of rotatable bonds is 6. The first-order valence-corrected chi connectivity index (χ1v) is 11.6. The molecule has 1 heterocycles. The van der Waals surface area contributed by atoms with Gasteiger partial charge in [0, 0.05) is 24.0 Å². The molecular formula is C21H24ClN3O5S. The summed E-state index contributed by atoms with van der Waals surface area (Å²) in [6, 6.07) is 13.3. The van der Waals surface area contributed by atoms with Crippen molar-refractivity contribution in [3.63, 3.8) is 0 Å². The van der Waals surface area contributed by atoms with Gasteiger partial charge in [-0.3, -0.25) is 20.4 Å². The molecular weight excluding hydrogens is 442 g/mol. The van der Waals surface area contributed by atoms with E-state index in [9.17, 15) is 18.0 Å². The lowest BCUT2D eigenvalue weighted by Gasteiger charge is -2.30. The van der Waals surface area contributed by atoms with Crippen molar-refractivity contribution in [2.45, 2.75) is 24.7 Å². The van der Waals surface area contributed by atoms with Crippen LogP contribution in [-0.4, -0.2) is 44.2 Å². The summed E-state index contributed by atoms with van der Waals surface area (Å²) >= 11 is 5.82. The average molecular weight is 466 g/mol. The monoisotopic (exact) mass is 465 g/mol. The van der Waals surface area contributed by atoms with Gasteiger partial charge in [-0.2, -0.15) is 4.31 Å². The molecule has 0 saturated carbocycles. The third-order valence-electron chi connectivity index (χ3n) is 4.96. The Morgan fingerprint density at radius 1 is 1.10 bits per heavy atom. The van der Waals surface area contributed by atoms with Gasteiger partial charge >= 0.3 is 0 Å². The van der Waals surface area contributed by atoms with E-state index in [0.717, 1.165) is 5.56 Å². The number of nitrogens with one attached hydrogen (secondary N) is 2. The standard InChI is InChI=1S/C21H24ClN3O5S/c1-15-3-2-4-18(13-15)30-14-20(26)23-24-21(27)16-9-11-25(12-10-16)31(28,29)19-7-5-17(22)6-8-19/h2-8,13,16H,9-12,14H2,1H3,(H,23,26)(H,24,27). The summed E-state index contributed by atoms with van der Waals surface area (Å²) in [5.74, 6) is -0.671. The normalized spacial score (nSPS) is 15.3. The van der Waals surface area contributed by atoms with Crippen LogP contribution in [0.1, 0.15) is 18.4 Å². The van der Waals surface area contributed by atoms with Crippen molar-refractivity contribution in [2.75, 3.05) is 19.7 Å². The van der Waals surface area contributed by atoms with E-state index < -0.39 is 21.8 Å². The number of halogens is 1. The smallest absolute Gasteiger partial charge is 0.276 e. The van der Waals surface area contributed by atoms with Crippen molar-refractivity contribution in [1.29, 1.82) is 0 Å². The summed E-state index contributed by atoms with van der Waals surface area (Å²) in [7, 11) is -3.63. The van der Waals surface area contributed by atoms with Gasteiger partial charge < -0.3 is 4.74 Å². The highest BCUT2D eigenvalue weighted by atomic mass is 35.5. The zero-order valence-corrected chi connectivity index (χ0v) is 18.6. The molecule has 1 aliphatic rings. The number of carbonyl (C=O) groups excluding carboxylic acids is 2. The first kappa shape index (κ1) is 23.1. The number of aryl methyl sites for hydroxylation is 1. The van der Waals surface area contributed by atoms with Gasteiger partial charge in [0.25, 0.3) is 5.91 Å². The summed E-state index contributed by atoms with van der Waals surface area (Å²) < 4.78 is 32.2. The van der Waals surface area contributed by atoms with Crippen LogP contribution in [0.3, 0.4) is 0 Å². The molecule has 2 amide bonds. The second-order valence-corrected chi connectivity index (χ2v) is 9.65. The third-order valence-corrected chi connectivity index (χ3v) is 7.13. The molecule has 0 aromatic heterocycles. The molecule has 0 spiro atoms. The summed E-state index contributed by atoms with van der Waals surface area (Å²) in [5, 5.41) is 0.459. The Hall–Kier alpha value is -2.62. The molecule has 0 bridgehead atoms. The summed E-state index contributed by atoms with van der Waals surface area (Å²) in [5.41, 5.74) is 5.73. The van der Waals surface area contributed by atoms with Crippen LogP contribution in [0.5, 0.6) is 5.75 Å². The number of carbonyl (C=O) groups is 2. The van der Waals surface area contributed by atoms with E-state index in [1.165, 1.54) is 28.6 Å². The fourth-order valence-electron chi connectivity index (χ4n) is 3.24. The van der Waals surface area contributed by atoms with E-state index in [1.54, 1.807) is 12.1 Å². The number of piperidine rings is 1. The Morgan fingerprint density at radius 2 is 1.77 bits per heavy atom. The van der Waals surface area contributed by atoms with Crippen molar-refractivity contribution >= 4 is 33.4 Å². The van der Waals surface area contributed by atoms with Crippen LogP contribution in [0.15, 0.2) is 53.4 Å². The molecule has 2 N–H and O–H groups in total. The van der Waals surface area contributed by atoms with Crippen molar-refractivity contribution < 1.29 is 22.7 Å². The first-order chi connectivity index (χ1) is 14.8. The highest BCUT2D eigenvalue weighted by Gasteiger charge is 2.32. The fourth-order valence-corrected chi connectivity index (χ4v) is 4.83. The molecule has 0 aliphatic carbocycles. The average Bonchev–Trinajstić information content (AvgIpc) is 2.76. The number of sulfonamides is 1. The quantitative estimate of drug-likeness (QED) is 0.637. The molecule has 2 aromatic carbocycles. The van der Waals surface area contributed by atoms with Crippen LogP contribution < -0.4 is 15.6 Å². The molecule has 1 fully saturated rings. The minimum absolute atomic E-state index is 0.167. The molecule has 10 heteroatoms. The Kier molecular flexibility index (Phi) is 7.53. The van der Waals surface area contributed by atoms with E-state index in [1.807, 2.05) is 19.1 Å². The van der Waals surface area contributed by atoms with Gasteiger partial charge in [0.15, 0.2) is 6.61 Å². The molecule has 1 aliphatic heterocycles. The molecule has 2 aromatic rings. The molecule has 0 atom stereocenters. The van der Waals surface area contributed by atoms with Gasteiger partial charge in [0.05, 0.1) is 4.90 Å². The number of hydrogen-bond acceptors (Lipinski definition) is 5. The second kappa shape index (κ2) is 10.1. The Morgan fingerprint density at radius 3 is 2.42 bits per heavy atom. The third kappa shape index (κ3) is 6.19. The molecule has 3 rings (SSSR count). The van der Waals surface area contributed by atoms with Crippen molar-refractivity contribution in [3.05, 3.63) is 59.1 Å². The highest BCUT2D eigenvalue weighted by molar-refractivity contribution is 7.89. The lowest BCUT2D eigenvalue weighted by Crippen LogP contribution is -2.49. The summed E-state index contributed by atoms with van der Waals surface area (Å²) in [6.45, 7) is 2.11. The molecule has 0 unspecified atom stereocenters. The Bertz CT molecular complexity index is 1040. The molecule has 0 radical (unpaired) electrons. The maximum absolute atomic E-state index is 12.7. The molecule has 8 nitrogen and oxygen atoms in total. The summed E-state index contributed by atoms with van der Waals surface area (Å²) in [4.78, 5) is 24.4. The minimum Gasteiger partial charge on any atom is -0.484 e. The van der Waals surface area contributed by atoms with E-state index >= 15 is 0 Å². The van der Waals surface area contributed by atoms with Crippen LogP contribution in [0.25, 0.3) is 0 Å². The Balaban J connectivity index is 1.43. The zero-order chi connectivity index (χ0) is 22.4. The number of benzene rings is 2. The number of ether oxygens (including phenoxy) is 1. The SMILES string of the molecule is Cc1cccc(OCC(=O)NNC(=O)C2CCN(S(=O)(=O)c3ccc(Cl)cc3)CC2)c1. The summed E-state index contributed by atoms with van der Waals surface area (Å²) in [6.07, 6.45) is 0.711. The van der Waals surface area contributed by atoms with Gasteiger partial charge in [0.1, 0.15) is 5.75 Å². The van der Waals surface area contributed by atoms with E-state index in [2.05, 4.69) is 10.9 Å². The van der Waals surface area contributed by atoms with Crippen LogP contribution in [0.4, 0.5) is 0 Å². The maximum Gasteiger partial charge on any atom is 0.276 e. The second-order valence-electron chi connectivity index (χ2n) is 7.27. The maximum atomic E-state index is 12.7. The number of hydrazine groups is 1. The lowest BCUT2D eigenvalue weighted by molar-refractivity contribution is -0.132. The van der Waals surface area contributed by atoms with Crippen LogP contribution in [0.2, 0.25) is 5.02 Å². The van der Waals surface area contributed by atoms with Gasteiger partial charge in [-0.15, -0.1) is 0 Å². The van der Waals surface area contributed by atoms with Crippen molar-refractivity contribution in [2.24, 2.45) is 5.92 Å². The molecule has 1 saturated heterocycles. The van der Waals surface area contributed by atoms with Crippen LogP contribution in [0, 0.1) is 12.8 Å². The zero-order valence-electron chi connectivity index (χ0n) is 17.0. The van der Waals surface area contributed by atoms with Crippen molar-refractivity contribution in [1.82, 2.24) is 15.2 Å². The van der Waals surface area contributed by atoms with E-state index in [4.69, 9.17) is 16.3 Å².